The molecule has 1 aromatic heterocycles. The largest absolute Gasteiger partial charge is 0.349 e. The zero-order valence-corrected chi connectivity index (χ0v) is 15.8. The highest BCUT2D eigenvalue weighted by molar-refractivity contribution is 5.94. The SMILES string of the molecule is O=C(NC1CCCCC1)c1ccc(Nc2ccc(-c3ccccc3)nn2)cc1. The van der Waals surface area contributed by atoms with Gasteiger partial charge in [0.25, 0.3) is 5.91 Å². The first-order chi connectivity index (χ1) is 13.8. The Balaban J connectivity index is 1.37. The first-order valence-electron chi connectivity index (χ1n) is 9.85. The molecule has 3 aromatic rings. The van der Waals surface area contributed by atoms with Crippen LogP contribution in [0.5, 0.6) is 0 Å². The quantitative estimate of drug-likeness (QED) is 0.665. The lowest BCUT2D eigenvalue weighted by Gasteiger charge is -2.22. The molecule has 1 heterocycles. The molecule has 1 saturated carbocycles. The van der Waals surface area contributed by atoms with Gasteiger partial charge in [-0.2, -0.15) is 0 Å². The summed E-state index contributed by atoms with van der Waals surface area (Å²) >= 11 is 0. The van der Waals surface area contributed by atoms with Crippen LogP contribution in [0.4, 0.5) is 11.5 Å². The maximum Gasteiger partial charge on any atom is 0.251 e. The number of nitrogens with one attached hydrogen (secondary N) is 2. The molecule has 4 rings (SSSR count). The molecule has 1 amide bonds. The van der Waals surface area contributed by atoms with E-state index in [1.54, 1.807) is 0 Å². The maximum absolute atomic E-state index is 12.4. The summed E-state index contributed by atoms with van der Waals surface area (Å²) in [6.07, 6.45) is 5.86. The number of carbonyl (C=O) groups is 1. The molecule has 2 aromatic carbocycles. The van der Waals surface area contributed by atoms with Gasteiger partial charge in [0.15, 0.2) is 5.82 Å². The first-order valence-corrected chi connectivity index (χ1v) is 9.85. The summed E-state index contributed by atoms with van der Waals surface area (Å²) in [7, 11) is 0. The number of hydrogen-bond donors (Lipinski definition) is 2. The lowest BCUT2D eigenvalue weighted by atomic mass is 9.95. The van der Waals surface area contributed by atoms with Crippen molar-refractivity contribution in [3.8, 4) is 11.3 Å². The van der Waals surface area contributed by atoms with Crippen molar-refractivity contribution in [1.82, 2.24) is 15.5 Å². The molecule has 0 spiro atoms. The number of carbonyl (C=O) groups excluding carboxylic acids is 1. The van der Waals surface area contributed by atoms with Crippen molar-refractivity contribution < 1.29 is 4.79 Å². The fourth-order valence-corrected chi connectivity index (χ4v) is 3.53. The highest BCUT2D eigenvalue weighted by Gasteiger charge is 2.16. The van der Waals surface area contributed by atoms with Crippen LogP contribution in [-0.2, 0) is 0 Å². The van der Waals surface area contributed by atoms with E-state index in [2.05, 4.69) is 20.8 Å². The van der Waals surface area contributed by atoms with Gasteiger partial charge in [-0.25, -0.2) is 0 Å². The monoisotopic (exact) mass is 372 g/mol. The summed E-state index contributed by atoms with van der Waals surface area (Å²) in [6.45, 7) is 0. The Kier molecular flexibility index (Phi) is 5.61. The van der Waals surface area contributed by atoms with E-state index in [4.69, 9.17) is 0 Å². The van der Waals surface area contributed by atoms with Crippen molar-refractivity contribution in [2.75, 3.05) is 5.32 Å². The zero-order chi connectivity index (χ0) is 19.2. The van der Waals surface area contributed by atoms with Crippen LogP contribution in [0.3, 0.4) is 0 Å². The molecule has 1 aliphatic carbocycles. The van der Waals surface area contributed by atoms with Gasteiger partial charge < -0.3 is 10.6 Å². The van der Waals surface area contributed by atoms with Crippen molar-refractivity contribution in [3.05, 3.63) is 72.3 Å². The van der Waals surface area contributed by atoms with Crippen molar-refractivity contribution in [3.63, 3.8) is 0 Å². The van der Waals surface area contributed by atoms with Gasteiger partial charge >= 0.3 is 0 Å². The highest BCUT2D eigenvalue weighted by atomic mass is 16.1. The van der Waals surface area contributed by atoms with Crippen LogP contribution in [0.2, 0.25) is 0 Å². The van der Waals surface area contributed by atoms with Gasteiger partial charge in [0, 0.05) is 22.9 Å². The van der Waals surface area contributed by atoms with E-state index in [0.29, 0.717) is 17.4 Å². The summed E-state index contributed by atoms with van der Waals surface area (Å²) in [5.41, 5.74) is 3.42. The number of benzene rings is 2. The molecular weight excluding hydrogens is 348 g/mol. The molecule has 142 valence electrons. The van der Waals surface area contributed by atoms with E-state index in [1.807, 2.05) is 66.7 Å². The number of anilines is 2. The van der Waals surface area contributed by atoms with Gasteiger partial charge in [-0.3, -0.25) is 4.79 Å². The zero-order valence-electron chi connectivity index (χ0n) is 15.8. The van der Waals surface area contributed by atoms with Gasteiger partial charge in [-0.15, -0.1) is 10.2 Å². The van der Waals surface area contributed by atoms with Crippen LogP contribution >= 0.6 is 0 Å². The lowest BCUT2D eigenvalue weighted by molar-refractivity contribution is 0.0928. The van der Waals surface area contributed by atoms with E-state index in [-0.39, 0.29) is 5.91 Å². The van der Waals surface area contributed by atoms with E-state index in [0.717, 1.165) is 29.8 Å². The Labute approximate surface area is 165 Å². The minimum absolute atomic E-state index is 0.00505. The molecule has 0 aliphatic heterocycles. The Morgan fingerprint density at radius 2 is 1.57 bits per heavy atom. The average Bonchev–Trinajstić information content (AvgIpc) is 2.76. The topological polar surface area (TPSA) is 66.9 Å². The smallest absolute Gasteiger partial charge is 0.251 e. The summed E-state index contributed by atoms with van der Waals surface area (Å²) in [5.74, 6) is 0.671. The molecular formula is C23H24N4O. The van der Waals surface area contributed by atoms with Gasteiger partial charge in [-0.05, 0) is 49.2 Å². The summed E-state index contributed by atoms with van der Waals surface area (Å²) < 4.78 is 0. The normalized spacial score (nSPS) is 14.4. The predicted octanol–water partition coefficient (Wildman–Crippen LogP) is 4.95. The Morgan fingerprint density at radius 1 is 0.821 bits per heavy atom. The highest BCUT2D eigenvalue weighted by Crippen LogP contribution is 2.20. The van der Waals surface area contributed by atoms with Crippen LogP contribution in [0.25, 0.3) is 11.3 Å². The molecule has 5 heteroatoms. The number of hydrogen-bond acceptors (Lipinski definition) is 4. The minimum atomic E-state index is 0.00505. The molecule has 28 heavy (non-hydrogen) atoms. The van der Waals surface area contributed by atoms with Crippen LogP contribution in [0, 0.1) is 0 Å². The lowest BCUT2D eigenvalue weighted by Crippen LogP contribution is -2.36. The summed E-state index contributed by atoms with van der Waals surface area (Å²) in [6, 6.07) is 21.6. The first kappa shape index (κ1) is 18.2. The molecule has 5 nitrogen and oxygen atoms in total. The number of rotatable bonds is 5. The molecule has 2 N–H and O–H groups in total. The summed E-state index contributed by atoms with van der Waals surface area (Å²) in [5, 5.41) is 14.9. The number of amides is 1. The minimum Gasteiger partial charge on any atom is -0.349 e. The molecule has 1 aliphatic rings. The predicted molar refractivity (Wildman–Crippen MR) is 112 cm³/mol. The van der Waals surface area contributed by atoms with Crippen molar-refractivity contribution in [2.45, 2.75) is 38.1 Å². The average molecular weight is 372 g/mol. The fourth-order valence-electron chi connectivity index (χ4n) is 3.53. The van der Waals surface area contributed by atoms with Crippen LogP contribution in [0.1, 0.15) is 42.5 Å². The molecule has 0 radical (unpaired) electrons. The van der Waals surface area contributed by atoms with Crippen LogP contribution < -0.4 is 10.6 Å². The third-order valence-electron chi connectivity index (χ3n) is 5.09. The van der Waals surface area contributed by atoms with E-state index < -0.39 is 0 Å². The van der Waals surface area contributed by atoms with Crippen LogP contribution in [-0.4, -0.2) is 22.1 Å². The Bertz CT molecular complexity index is 902. The van der Waals surface area contributed by atoms with Crippen molar-refractivity contribution in [1.29, 1.82) is 0 Å². The van der Waals surface area contributed by atoms with E-state index in [1.165, 1.54) is 19.3 Å². The van der Waals surface area contributed by atoms with Gasteiger partial charge in [0.2, 0.25) is 0 Å². The molecule has 1 fully saturated rings. The second-order valence-electron chi connectivity index (χ2n) is 7.18. The molecule has 0 unspecified atom stereocenters. The maximum atomic E-state index is 12.4. The second kappa shape index (κ2) is 8.65. The van der Waals surface area contributed by atoms with Gasteiger partial charge in [0.1, 0.15) is 0 Å². The second-order valence-corrected chi connectivity index (χ2v) is 7.18. The number of nitrogens with zero attached hydrogens (tertiary/aromatic N) is 2. The van der Waals surface area contributed by atoms with Crippen molar-refractivity contribution >= 4 is 17.4 Å². The standard InChI is InChI=1S/C23H24N4O/c28-23(25-19-9-5-2-6-10-19)18-11-13-20(14-12-18)24-22-16-15-21(26-27-22)17-7-3-1-4-8-17/h1,3-4,7-8,11-16,19H,2,5-6,9-10H2,(H,24,27)(H,25,28). The van der Waals surface area contributed by atoms with Crippen LogP contribution in [0.15, 0.2) is 66.7 Å². The molecule has 0 atom stereocenters. The van der Waals surface area contributed by atoms with Gasteiger partial charge in [-0.1, -0.05) is 49.6 Å². The third-order valence-corrected chi connectivity index (χ3v) is 5.09. The molecule has 0 bridgehead atoms. The van der Waals surface area contributed by atoms with E-state index >= 15 is 0 Å². The number of aromatic nitrogens is 2. The fraction of sp³-hybridized carbons (Fsp3) is 0.261. The van der Waals surface area contributed by atoms with Crippen molar-refractivity contribution in [2.24, 2.45) is 0 Å². The Morgan fingerprint density at radius 3 is 2.25 bits per heavy atom. The Hall–Kier alpha value is -3.21. The molecule has 0 saturated heterocycles. The van der Waals surface area contributed by atoms with Gasteiger partial charge in [0.05, 0.1) is 5.69 Å². The summed E-state index contributed by atoms with van der Waals surface area (Å²) in [4.78, 5) is 12.4. The van der Waals surface area contributed by atoms with E-state index in [9.17, 15) is 4.79 Å². The third kappa shape index (κ3) is 4.55.